The molecule has 2 rings (SSSR count). The lowest BCUT2D eigenvalue weighted by Gasteiger charge is -2.08. The smallest absolute Gasteiger partial charge is 0.259 e. The van der Waals surface area contributed by atoms with Crippen molar-refractivity contribution in [1.29, 1.82) is 0 Å². The molecular weight excluding hydrogens is 230 g/mol. The lowest BCUT2D eigenvalue weighted by molar-refractivity contribution is 0.102. The molecule has 1 aromatic carbocycles. The van der Waals surface area contributed by atoms with Crippen LogP contribution in [-0.4, -0.2) is 11.0 Å². The number of benzene rings is 1. The van der Waals surface area contributed by atoms with E-state index in [4.69, 9.17) is 4.42 Å². The average Bonchev–Trinajstić information content (AvgIpc) is 2.62. The highest BCUT2D eigenvalue weighted by atomic mass is 16.3. The summed E-state index contributed by atoms with van der Waals surface area (Å²) in [5.74, 6) is 0.344. The van der Waals surface area contributed by atoms with Crippen molar-refractivity contribution in [3.63, 3.8) is 0 Å². The number of anilines is 1. The van der Waals surface area contributed by atoms with E-state index in [-0.39, 0.29) is 11.7 Å². The molecular formula is C14H15NO3. The van der Waals surface area contributed by atoms with Crippen LogP contribution in [0.2, 0.25) is 0 Å². The van der Waals surface area contributed by atoms with E-state index in [1.165, 1.54) is 0 Å². The van der Waals surface area contributed by atoms with Gasteiger partial charge in [-0.25, -0.2) is 0 Å². The van der Waals surface area contributed by atoms with Gasteiger partial charge in [-0.2, -0.15) is 0 Å². The van der Waals surface area contributed by atoms with Gasteiger partial charge in [-0.15, -0.1) is 0 Å². The monoisotopic (exact) mass is 245 g/mol. The third-order valence-electron chi connectivity index (χ3n) is 2.79. The molecule has 4 nitrogen and oxygen atoms in total. The number of hydrogen-bond acceptors (Lipinski definition) is 3. The quantitative estimate of drug-likeness (QED) is 0.799. The van der Waals surface area contributed by atoms with Crippen LogP contribution in [0.1, 0.15) is 27.2 Å². The van der Waals surface area contributed by atoms with Gasteiger partial charge in [0, 0.05) is 5.56 Å². The molecule has 0 radical (unpaired) electrons. The first-order valence-corrected chi connectivity index (χ1v) is 5.64. The molecule has 0 spiro atoms. The van der Waals surface area contributed by atoms with Crippen LogP contribution >= 0.6 is 0 Å². The maximum Gasteiger partial charge on any atom is 0.259 e. The van der Waals surface area contributed by atoms with Gasteiger partial charge in [0.25, 0.3) is 5.91 Å². The summed E-state index contributed by atoms with van der Waals surface area (Å²) in [5.41, 5.74) is 2.61. The topological polar surface area (TPSA) is 62.5 Å². The molecule has 0 bridgehead atoms. The predicted molar refractivity (Wildman–Crippen MR) is 69.0 cm³/mol. The Labute approximate surface area is 105 Å². The number of nitrogens with one attached hydrogen (secondary N) is 1. The number of carbonyl (C=O) groups is 1. The number of phenolic OH excluding ortho intramolecular Hbond substituents is 1. The van der Waals surface area contributed by atoms with E-state index in [2.05, 4.69) is 5.32 Å². The fourth-order valence-electron chi connectivity index (χ4n) is 1.84. The molecule has 94 valence electrons. The van der Waals surface area contributed by atoms with Crippen LogP contribution in [0, 0.1) is 20.8 Å². The van der Waals surface area contributed by atoms with Crippen molar-refractivity contribution in [2.24, 2.45) is 0 Å². The molecule has 0 aliphatic carbocycles. The second-order valence-corrected chi connectivity index (χ2v) is 4.32. The Bertz CT molecular complexity index is 580. The maximum absolute atomic E-state index is 12.1. The van der Waals surface area contributed by atoms with E-state index in [1.54, 1.807) is 32.2 Å². The summed E-state index contributed by atoms with van der Waals surface area (Å²) in [5, 5.41) is 12.4. The fraction of sp³-hybridized carbons (Fsp3) is 0.214. The Morgan fingerprint density at radius 2 is 2.00 bits per heavy atom. The van der Waals surface area contributed by atoms with Gasteiger partial charge < -0.3 is 14.8 Å². The van der Waals surface area contributed by atoms with Gasteiger partial charge in [-0.05, 0) is 38.5 Å². The van der Waals surface area contributed by atoms with Gasteiger partial charge in [-0.3, -0.25) is 4.79 Å². The molecule has 2 aromatic rings. The molecule has 0 fully saturated rings. The Morgan fingerprint density at radius 1 is 1.28 bits per heavy atom. The molecule has 0 saturated carbocycles. The SMILES string of the molecule is Cc1ccc(NC(=O)c2c(C)coc2C)c(O)c1. The first-order chi connectivity index (χ1) is 8.49. The standard InChI is InChI=1S/C14H15NO3/c1-8-4-5-11(12(16)6-8)15-14(17)13-9(2)7-18-10(13)3/h4-7,16H,1-3H3,(H,15,17). The van der Waals surface area contributed by atoms with Gasteiger partial charge in [0.05, 0.1) is 17.5 Å². The van der Waals surface area contributed by atoms with Gasteiger partial charge in [0.15, 0.2) is 0 Å². The second-order valence-electron chi connectivity index (χ2n) is 4.32. The molecule has 0 aliphatic rings. The highest BCUT2D eigenvalue weighted by molar-refractivity contribution is 6.06. The Balaban J connectivity index is 2.27. The summed E-state index contributed by atoms with van der Waals surface area (Å²) in [4.78, 5) is 12.1. The molecule has 4 heteroatoms. The van der Waals surface area contributed by atoms with Crippen LogP contribution in [0.3, 0.4) is 0 Å². The molecule has 18 heavy (non-hydrogen) atoms. The van der Waals surface area contributed by atoms with Gasteiger partial charge >= 0.3 is 0 Å². The number of phenols is 1. The third kappa shape index (κ3) is 2.22. The zero-order valence-corrected chi connectivity index (χ0v) is 10.6. The van der Waals surface area contributed by atoms with E-state index < -0.39 is 0 Å². The van der Waals surface area contributed by atoms with Gasteiger partial charge in [0.1, 0.15) is 11.5 Å². The number of amides is 1. The third-order valence-corrected chi connectivity index (χ3v) is 2.79. The maximum atomic E-state index is 12.1. The summed E-state index contributed by atoms with van der Waals surface area (Å²) in [6.07, 6.45) is 1.54. The van der Waals surface area contributed by atoms with Crippen LogP contribution in [0.5, 0.6) is 5.75 Å². The van der Waals surface area contributed by atoms with Crippen molar-refractivity contribution in [2.45, 2.75) is 20.8 Å². The Hall–Kier alpha value is -2.23. The minimum Gasteiger partial charge on any atom is -0.506 e. The van der Waals surface area contributed by atoms with Crippen LogP contribution in [0.15, 0.2) is 28.9 Å². The summed E-state index contributed by atoms with van der Waals surface area (Å²) in [6, 6.07) is 5.10. The molecule has 1 aromatic heterocycles. The van der Waals surface area contributed by atoms with Crippen molar-refractivity contribution >= 4 is 11.6 Å². The highest BCUT2D eigenvalue weighted by Gasteiger charge is 2.16. The number of carbonyl (C=O) groups excluding carboxylic acids is 1. The Morgan fingerprint density at radius 3 is 2.56 bits per heavy atom. The summed E-state index contributed by atoms with van der Waals surface area (Å²) in [6.45, 7) is 5.41. The van der Waals surface area contributed by atoms with Crippen molar-refractivity contribution in [2.75, 3.05) is 5.32 Å². The van der Waals surface area contributed by atoms with E-state index in [1.807, 2.05) is 13.0 Å². The van der Waals surface area contributed by atoms with Gasteiger partial charge in [-0.1, -0.05) is 6.07 Å². The fourth-order valence-corrected chi connectivity index (χ4v) is 1.84. The zero-order valence-electron chi connectivity index (χ0n) is 10.6. The molecule has 0 saturated heterocycles. The van der Waals surface area contributed by atoms with Crippen molar-refractivity contribution in [3.05, 3.63) is 46.9 Å². The van der Waals surface area contributed by atoms with Crippen LogP contribution in [-0.2, 0) is 0 Å². The lowest BCUT2D eigenvalue weighted by Crippen LogP contribution is -2.13. The van der Waals surface area contributed by atoms with Crippen LogP contribution < -0.4 is 5.32 Å². The number of aryl methyl sites for hydroxylation is 3. The molecule has 1 heterocycles. The summed E-state index contributed by atoms with van der Waals surface area (Å²) in [7, 11) is 0. The van der Waals surface area contributed by atoms with Crippen LogP contribution in [0.25, 0.3) is 0 Å². The number of rotatable bonds is 2. The first kappa shape index (κ1) is 12.2. The lowest BCUT2D eigenvalue weighted by atomic mass is 10.1. The normalized spacial score (nSPS) is 10.4. The van der Waals surface area contributed by atoms with E-state index in [0.29, 0.717) is 17.0 Å². The minimum absolute atomic E-state index is 0.0575. The van der Waals surface area contributed by atoms with Crippen molar-refractivity contribution < 1.29 is 14.3 Å². The number of hydrogen-bond donors (Lipinski definition) is 2. The van der Waals surface area contributed by atoms with Crippen molar-refractivity contribution in [3.8, 4) is 5.75 Å². The van der Waals surface area contributed by atoms with Gasteiger partial charge in [0.2, 0.25) is 0 Å². The number of furan rings is 1. The van der Waals surface area contributed by atoms with Crippen molar-refractivity contribution in [1.82, 2.24) is 0 Å². The van der Waals surface area contributed by atoms with E-state index >= 15 is 0 Å². The molecule has 0 aliphatic heterocycles. The number of aromatic hydroxyl groups is 1. The first-order valence-electron chi connectivity index (χ1n) is 5.64. The van der Waals surface area contributed by atoms with E-state index in [0.717, 1.165) is 11.1 Å². The minimum atomic E-state index is -0.280. The average molecular weight is 245 g/mol. The molecule has 1 amide bonds. The summed E-state index contributed by atoms with van der Waals surface area (Å²) >= 11 is 0. The van der Waals surface area contributed by atoms with Crippen LogP contribution in [0.4, 0.5) is 5.69 Å². The Kier molecular flexibility index (Phi) is 3.10. The zero-order chi connectivity index (χ0) is 13.3. The molecule has 0 atom stereocenters. The summed E-state index contributed by atoms with van der Waals surface area (Å²) < 4.78 is 5.18. The molecule has 2 N–H and O–H groups in total. The molecule has 0 unspecified atom stereocenters. The highest BCUT2D eigenvalue weighted by Crippen LogP contribution is 2.25. The van der Waals surface area contributed by atoms with E-state index in [9.17, 15) is 9.90 Å². The largest absolute Gasteiger partial charge is 0.506 e. The second kappa shape index (κ2) is 4.56. The predicted octanol–water partition coefficient (Wildman–Crippen LogP) is 3.16.